The molecule has 1 aromatic carbocycles. The molecule has 0 unspecified atom stereocenters. The van der Waals surface area contributed by atoms with Gasteiger partial charge < -0.3 is 10.1 Å². The summed E-state index contributed by atoms with van der Waals surface area (Å²) in [6.45, 7) is 0.143. The van der Waals surface area contributed by atoms with E-state index in [-0.39, 0.29) is 0 Å². The van der Waals surface area contributed by atoms with Crippen LogP contribution in [0.25, 0.3) is 0 Å². The maximum Gasteiger partial charge on any atom is 0.272 e. The Balaban J connectivity index is 1.92. The normalized spacial score (nSPS) is 15.4. The summed E-state index contributed by atoms with van der Waals surface area (Å²) in [5.41, 5.74) is 0.940. The molecule has 0 saturated heterocycles. The van der Waals surface area contributed by atoms with Crippen molar-refractivity contribution in [2.75, 3.05) is 6.61 Å². The fourth-order valence-corrected chi connectivity index (χ4v) is 1.49. The predicted octanol–water partition coefficient (Wildman–Crippen LogP) is 2.58. The molecule has 0 amide bonds. The van der Waals surface area contributed by atoms with Gasteiger partial charge in [0.1, 0.15) is 12.4 Å². The molecule has 2 nitrogen and oxygen atoms in total. The van der Waals surface area contributed by atoms with Gasteiger partial charge in [-0.3, -0.25) is 0 Å². The van der Waals surface area contributed by atoms with Crippen molar-refractivity contribution < 1.29 is 13.5 Å². The maximum absolute atomic E-state index is 12.0. The lowest BCUT2D eigenvalue weighted by Crippen LogP contribution is -2.16. The number of hydrogen-bond donors (Lipinski definition) is 1. The van der Waals surface area contributed by atoms with Crippen molar-refractivity contribution in [3.63, 3.8) is 0 Å². The standard InChI is InChI=1S/C12H15F2NO/c13-12(14)8-16-11-4-2-1-3-9(11)7-15-10-5-6-10/h1-4,10,12,15H,5-8H2. The average Bonchev–Trinajstić information content (AvgIpc) is 3.08. The monoisotopic (exact) mass is 227 g/mol. The van der Waals surface area contributed by atoms with Gasteiger partial charge in [-0.25, -0.2) is 8.78 Å². The van der Waals surface area contributed by atoms with Gasteiger partial charge in [-0.2, -0.15) is 0 Å². The number of nitrogens with one attached hydrogen (secondary N) is 1. The lowest BCUT2D eigenvalue weighted by Gasteiger charge is -2.11. The molecule has 0 radical (unpaired) electrons. The van der Waals surface area contributed by atoms with Crippen LogP contribution in [0, 0.1) is 0 Å². The van der Waals surface area contributed by atoms with Crippen LogP contribution in [-0.4, -0.2) is 19.1 Å². The summed E-state index contributed by atoms with van der Waals surface area (Å²) in [6.07, 6.45) is -0.00966. The van der Waals surface area contributed by atoms with Crippen LogP contribution in [-0.2, 0) is 6.54 Å². The SMILES string of the molecule is FC(F)COc1ccccc1CNC1CC1. The number of halogens is 2. The summed E-state index contributed by atoms with van der Waals surface area (Å²) in [5.74, 6) is 0.552. The molecule has 4 heteroatoms. The highest BCUT2D eigenvalue weighted by molar-refractivity contribution is 5.33. The van der Waals surface area contributed by atoms with Crippen LogP contribution in [0.3, 0.4) is 0 Å². The van der Waals surface area contributed by atoms with Gasteiger partial charge >= 0.3 is 0 Å². The zero-order valence-corrected chi connectivity index (χ0v) is 8.96. The molecule has 1 aromatic rings. The topological polar surface area (TPSA) is 21.3 Å². The van der Waals surface area contributed by atoms with Gasteiger partial charge in [0.25, 0.3) is 6.43 Å². The van der Waals surface area contributed by atoms with Gasteiger partial charge in [-0.15, -0.1) is 0 Å². The molecule has 1 fully saturated rings. The number of para-hydroxylation sites is 1. The number of hydrogen-bond acceptors (Lipinski definition) is 2. The minimum absolute atomic E-state index is 0.541. The maximum atomic E-state index is 12.0. The second-order valence-electron chi connectivity index (χ2n) is 3.96. The molecule has 0 aromatic heterocycles. The van der Waals surface area contributed by atoms with E-state index in [1.165, 1.54) is 12.8 Å². The van der Waals surface area contributed by atoms with Crippen LogP contribution in [0.4, 0.5) is 8.78 Å². The molecule has 1 saturated carbocycles. The first-order valence-electron chi connectivity index (χ1n) is 5.48. The summed E-state index contributed by atoms with van der Waals surface area (Å²) >= 11 is 0. The Morgan fingerprint density at radius 1 is 1.31 bits per heavy atom. The third-order valence-corrected chi connectivity index (χ3v) is 2.50. The van der Waals surface area contributed by atoms with Crippen LogP contribution in [0.1, 0.15) is 18.4 Å². The molecule has 1 aliphatic rings. The molecule has 1 aliphatic carbocycles. The minimum atomic E-state index is -2.43. The van der Waals surface area contributed by atoms with Crippen LogP contribution in [0.15, 0.2) is 24.3 Å². The first-order valence-corrected chi connectivity index (χ1v) is 5.48. The fraction of sp³-hybridized carbons (Fsp3) is 0.500. The van der Waals surface area contributed by atoms with Crippen LogP contribution >= 0.6 is 0 Å². The number of ether oxygens (including phenoxy) is 1. The lowest BCUT2D eigenvalue weighted by molar-refractivity contribution is 0.0813. The Kier molecular flexibility index (Phi) is 3.72. The summed E-state index contributed by atoms with van der Waals surface area (Å²) in [4.78, 5) is 0. The Bertz CT molecular complexity index is 315. The molecule has 0 atom stereocenters. The third kappa shape index (κ3) is 3.45. The summed E-state index contributed by atoms with van der Waals surface area (Å²) < 4.78 is 29.1. The first-order chi connectivity index (χ1) is 7.75. The highest BCUT2D eigenvalue weighted by atomic mass is 19.3. The van der Waals surface area contributed by atoms with Crippen molar-refractivity contribution in [1.29, 1.82) is 0 Å². The fourth-order valence-electron chi connectivity index (χ4n) is 1.49. The average molecular weight is 227 g/mol. The van der Waals surface area contributed by atoms with E-state index in [4.69, 9.17) is 4.74 Å². The van der Waals surface area contributed by atoms with E-state index in [9.17, 15) is 8.78 Å². The van der Waals surface area contributed by atoms with Gasteiger partial charge in [-0.1, -0.05) is 18.2 Å². The molecule has 1 N–H and O–H groups in total. The Labute approximate surface area is 93.6 Å². The van der Waals surface area contributed by atoms with Crippen molar-refractivity contribution in [2.45, 2.75) is 31.9 Å². The first kappa shape index (κ1) is 11.3. The van der Waals surface area contributed by atoms with E-state index in [0.29, 0.717) is 18.3 Å². The quantitative estimate of drug-likeness (QED) is 0.806. The molecule has 88 valence electrons. The Hall–Kier alpha value is -1.16. The van der Waals surface area contributed by atoms with Gasteiger partial charge in [0.05, 0.1) is 0 Å². The molecule has 2 rings (SSSR count). The van der Waals surface area contributed by atoms with E-state index in [1.54, 1.807) is 12.1 Å². The molecule has 0 bridgehead atoms. The molecule has 0 heterocycles. The largest absolute Gasteiger partial charge is 0.487 e. The third-order valence-electron chi connectivity index (χ3n) is 2.50. The Morgan fingerprint density at radius 2 is 2.06 bits per heavy atom. The zero-order valence-electron chi connectivity index (χ0n) is 8.96. The van der Waals surface area contributed by atoms with E-state index in [1.807, 2.05) is 12.1 Å². The Morgan fingerprint density at radius 3 is 2.75 bits per heavy atom. The highest BCUT2D eigenvalue weighted by Crippen LogP contribution is 2.22. The van der Waals surface area contributed by atoms with Crippen molar-refractivity contribution in [3.8, 4) is 5.75 Å². The smallest absolute Gasteiger partial charge is 0.272 e. The second-order valence-corrected chi connectivity index (χ2v) is 3.96. The lowest BCUT2D eigenvalue weighted by atomic mass is 10.2. The van der Waals surface area contributed by atoms with E-state index >= 15 is 0 Å². The molecular weight excluding hydrogens is 212 g/mol. The highest BCUT2D eigenvalue weighted by Gasteiger charge is 2.20. The number of benzene rings is 1. The molecular formula is C12H15F2NO. The number of alkyl halides is 2. The minimum Gasteiger partial charge on any atom is -0.487 e. The van der Waals surface area contributed by atoms with Crippen molar-refractivity contribution in [2.24, 2.45) is 0 Å². The van der Waals surface area contributed by atoms with Crippen LogP contribution < -0.4 is 10.1 Å². The van der Waals surface area contributed by atoms with Gasteiger partial charge in [0.15, 0.2) is 0 Å². The molecule has 0 aliphatic heterocycles. The van der Waals surface area contributed by atoms with Crippen molar-refractivity contribution in [1.82, 2.24) is 5.32 Å². The zero-order chi connectivity index (χ0) is 11.4. The molecule has 16 heavy (non-hydrogen) atoms. The van der Waals surface area contributed by atoms with Crippen molar-refractivity contribution >= 4 is 0 Å². The van der Waals surface area contributed by atoms with Gasteiger partial charge in [0.2, 0.25) is 0 Å². The van der Waals surface area contributed by atoms with E-state index in [2.05, 4.69) is 5.32 Å². The van der Waals surface area contributed by atoms with Gasteiger partial charge in [-0.05, 0) is 18.9 Å². The van der Waals surface area contributed by atoms with E-state index < -0.39 is 13.0 Å². The predicted molar refractivity (Wildman–Crippen MR) is 57.8 cm³/mol. The van der Waals surface area contributed by atoms with Crippen LogP contribution in [0.2, 0.25) is 0 Å². The summed E-state index contributed by atoms with van der Waals surface area (Å²) in [6, 6.07) is 7.91. The second kappa shape index (κ2) is 5.25. The van der Waals surface area contributed by atoms with Gasteiger partial charge in [0, 0.05) is 18.2 Å². The number of rotatable bonds is 6. The summed E-state index contributed by atoms with van der Waals surface area (Å²) in [5, 5.41) is 3.33. The van der Waals surface area contributed by atoms with E-state index in [0.717, 1.165) is 5.56 Å². The molecule has 0 spiro atoms. The van der Waals surface area contributed by atoms with Crippen LogP contribution in [0.5, 0.6) is 5.75 Å². The summed E-state index contributed by atoms with van der Waals surface area (Å²) in [7, 11) is 0. The van der Waals surface area contributed by atoms with Crippen molar-refractivity contribution in [3.05, 3.63) is 29.8 Å².